The van der Waals surface area contributed by atoms with Crippen LogP contribution in [0, 0.1) is 23.7 Å². The van der Waals surface area contributed by atoms with Gasteiger partial charge in [0.2, 0.25) is 9.05 Å². The number of thioether (sulfide) groups is 2. The Kier molecular flexibility index (Phi) is 60.4. The quantitative estimate of drug-likeness (QED) is 0.0114. The number of benzene rings is 3. The third-order valence-corrected chi connectivity index (χ3v) is 29.8. The van der Waals surface area contributed by atoms with Gasteiger partial charge in [0.15, 0.2) is 36.6 Å². The summed E-state index contributed by atoms with van der Waals surface area (Å²) >= 11 is 21.0. The van der Waals surface area contributed by atoms with E-state index < -0.39 is 27.1 Å². The highest BCUT2D eigenvalue weighted by molar-refractivity contribution is 9.93. The average molecular weight is 2160 g/mol. The fraction of sp³-hybridized carbons (Fsp3) is 0.588. The first kappa shape index (κ1) is 118. The number of aliphatic hydroxyl groups is 2. The van der Waals surface area contributed by atoms with Crippen LogP contribution in [0.1, 0.15) is 213 Å². The molecule has 2 aliphatic heterocycles. The highest BCUT2D eigenvalue weighted by atomic mass is 80.9. The smallest absolute Gasteiger partial charge is 0.264 e. The molecule has 12 atom stereocenters. The highest BCUT2D eigenvalue weighted by Crippen LogP contribution is 2.42. The van der Waals surface area contributed by atoms with E-state index in [1.54, 1.807) is 60.0 Å². The van der Waals surface area contributed by atoms with Gasteiger partial charge in [-0.2, -0.15) is 8.42 Å². The topological polar surface area (TPSA) is 496 Å². The minimum Gasteiger partial charge on any atom is -0.397 e. The zero-order chi connectivity index (χ0) is 93.4. The van der Waals surface area contributed by atoms with Crippen molar-refractivity contribution in [1.29, 1.82) is 0 Å². The number of nitrogens with two attached hydrogens (primary N) is 8. The molecule has 3 aromatic heterocycles. The summed E-state index contributed by atoms with van der Waals surface area (Å²) in [6, 6.07) is 32.8. The molecule has 6 aromatic rings. The van der Waals surface area contributed by atoms with Crippen LogP contribution in [-0.2, 0) is 71.3 Å². The molecule has 708 valence electrons. The maximum Gasteiger partial charge on any atom is 0.264 e. The fourth-order valence-electron chi connectivity index (χ4n) is 15.1. The molecule has 12 unspecified atom stereocenters. The van der Waals surface area contributed by atoms with Crippen molar-refractivity contribution in [3.63, 3.8) is 0 Å². The second-order valence-corrected chi connectivity index (χ2v) is 44.6. The number of aryl methyl sites for hydroxylation is 3. The number of rotatable bonds is 15. The number of alkyl halides is 1. The van der Waals surface area contributed by atoms with Gasteiger partial charge in [-0.15, -0.1) is 46.4 Å². The summed E-state index contributed by atoms with van der Waals surface area (Å²) in [5.74, 6) is 1.57. The first-order valence-electron chi connectivity index (χ1n) is 41.9. The maximum absolute atomic E-state index is 11.3. The van der Waals surface area contributed by atoms with Crippen LogP contribution in [0.3, 0.4) is 0 Å². The Hall–Kier alpha value is -4.26. The van der Waals surface area contributed by atoms with Crippen LogP contribution in [0.4, 0.5) is 15.4 Å². The number of anilines is 3. The van der Waals surface area contributed by atoms with Gasteiger partial charge in [-0.3, -0.25) is 38.1 Å². The molecule has 19 N–H and O–H groups in total. The van der Waals surface area contributed by atoms with Crippen molar-refractivity contribution in [3.8, 4) is 0 Å². The number of Topliss-reactive ketones (excluding diaryl/α,β-unsaturated/α-hetero) is 5. The van der Waals surface area contributed by atoms with Gasteiger partial charge in [0, 0.05) is 140 Å². The summed E-state index contributed by atoms with van der Waals surface area (Å²) in [5, 5.41) is 28.5. The van der Waals surface area contributed by atoms with Gasteiger partial charge in [0.25, 0.3) is 10.1 Å². The normalized spacial score (nSPS) is 22.5. The number of carbonyl (C=O) groups excluding carboxylic acids is 5. The van der Waals surface area contributed by atoms with Crippen LogP contribution in [-0.4, -0.2) is 179 Å². The van der Waals surface area contributed by atoms with Gasteiger partial charge in [0.1, 0.15) is 23.1 Å². The third kappa shape index (κ3) is 45.0. The molecule has 4 fully saturated rings. The molecule has 9 aliphatic rings. The number of carbonyl (C=O) groups is 5. The number of thiocarbonyl (C=S) groups is 1. The molecule has 0 radical (unpaired) electrons. The SMILES string of the molecule is BrBr.CC(=O)C1CCCC(Br)C1=O.CC(=O)C1CCCC2SC(N)=NC21.CC(=O)C1CCCCC1=O.CCO.CCOCC.CNCC1CCCc2sc(N)nc21.CS(=O)(=O)Cl.CS(=O)(=O)OCC1CCCc2sc(N)nc21.Cl.NC(N)=S.NC1=NC2C(CO)CCCC2S1.NCC1CCCc2sc(N)nc21.c1ccc(P(c2ccccc2)c2ccccc2)cc1. The molecule has 15 rings (SSSR count). The van der Waals surface area contributed by atoms with E-state index in [2.05, 4.69) is 200 Å². The van der Waals surface area contributed by atoms with Crippen LogP contribution in [0.2, 0.25) is 0 Å². The molecule has 0 spiro atoms. The van der Waals surface area contributed by atoms with Crippen molar-refractivity contribution in [1.82, 2.24) is 20.3 Å². The van der Waals surface area contributed by atoms with E-state index in [9.17, 15) is 40.8 Å². The summed E-state index contributed by atoms with van der Waals surface area (Å²) in [7, 11) is -0.523. The lowest BCUT2D eigenvalue weighted by Gasteiger charge is -2.29. The van der Waals surface area contributed by atoms with E-state index in [0.29, 0.717) is 67.9 Å². The number of aliphatic hydroxyl groups excluding tert-OH is 2. The zero-order valence-corrected chi connectivity index (χ0v) is 87.2. The van der Waals surface area contributed by atoms with Crippen LogP contribution in [0.15, 0.2) is 101 Å². The molecular weight excluding hydrogens is 2020 g/mol. The summed E-state index contributed by atoms with van der Waals surface area (Å²) < 4.78 is 50.3. The van der Waals surface area contributed by atoms with E-state index in [4.69, 9.17) is 53.5 Å². The number of hydrogen-bond donors (Lipinski definition) is 11. The van der Waals surface area contributed by atoms with E-state index in [-0.39, 0.29) is 101 Å². The van der Waals surface area contributed by atoms with E-state index >= 15 is 0 Å². The molecule has 0 saturated heterocycles. The maximum atomic E-state index is 11.3. The number of thiazole rings is 3. The molecule has 126 heavy (non-hydrogen) atoms. The Labute approximate surface area is 808 Å². The average Bonchev–Trinajstić information content (AvgIpc) is 1.07. The van der Waals surface area contributed by atoms with Crippen molar-refractivity contribution < 1.29 is 59.9 Å². The molecule has 5 heterocycles. The van der Waals surface area contributed by atoms with E-state index in [0.717, 1.165) is 133 Å². The van der Waals surface area contributed by atoms with Crippen LogP contribution >= 0.6 is 145 Å². The molecule has 41 heteroatoms. The number of ketones is 5. The van der Waals surface area contributed by atoms with E-state index in [1.807, 2.05) is 20.9 Å². The Morgan fingerprint density at radius 1 is 0.571 bits per heavy atom. The number of halogens is 5. The number of ether oxygens (including phenoxy) is 1. The third-order valence-electron chi connectivity index (χ3n) is 20.6. The largest absolute Gasteiger partial charge is 0.397 e. The van der Waals surface area contributed by atoms with Gasteiger partial charge in [-0.05, 0) is 194 Å². The van der Waals surface area contributed by atoms with Crippen molar-refractivity contribution in [2.45, 2.75) is 228 Å². The zero-order valence-electron chi connectivity index (χ0n) is 73.5. The van der Waals surface area contributed by atoms with Crippen molar-refractivity contribution >= 4 is 240 Å². The molecule has 4 saturated carbocycles. The summed E-state index contributed by atoms with van der Waals surface area (Å²) in [5.41, 5.74) is 46.5. The number of aromatic nitrogens is 3. The second-order valence-electron chi connectivity index (χ2n) is 30.2. The number of amidine groups is 2. The number of nitrogens with zero attached hydrogens (tertiary/aromatic N) is 5. The molecule has 27 nitrogen and oxygen atoms in total. The summed E-state index contributed by atoms with van der Waals surface area (Å²) in [4.78, 5) is 80.9. The lowest BCUT2D eigenvalue weighted by molar-refractivity contribution is -0.134. The number of fused-ring (bicyclic) bond motifs is 5. The second kappa shape index (κ2) is 64.6. The lowest BCUT2D eigenvalue weighted by Crippen LogP contribution is -2.35. The predicted molar refractivity (Wildman–Crippen MR) is 547 cm³/mol. The number of aliphatic imine (C=N–C) groups is 2. The first-order chi connectivity index (χ1) is 59.4. The van der Waals surface area contributed by atoms with Gasteiger partial charge in [-0.1, -0.05) is 156 Å². The van der Waals surface area contributed by atoms with Gasteiger partial charge >= 0.3 is 0 Å². The predicted octanol–water partition coefficient (Wildman–Crippen LogP) is 14.4. The van der Waals surface area contributed by atoms with Gasteiger partial charge in [-0.25, -0.2) is 23.4 Å². The molecular formula is C85H132Br3Cl2N14O13PS8. The summed E-state index contributed by atoms with van der Waals surface area (Å²) in [6.07, 6.45) is 25.0. The van der Waals surface area contributed by atoms with Gasteiger partial charge in [0.05, 0.1) is 64.9 Å². The molecule has 0 amide bonds. The van der Waals surface area contributed by atoms with Crippen LogP contribution in [0.5, 0.6) is 0 Å². The molecule has 3 aromatic carbocycles. The van der Waals surface area contributed by atoms with Crippen molar-refractivity contribution in [2.75, 3.05) is 82.9 Å². The number of hydrogen-bond acceptors (Lipinski definition) is 31. The number of nitrogen functional groups attached to an aromatic ring is 3. The first-order valence-corrected chi connectivity index (χ1v) is 57.0. The van der Waals surface area contributed by atoms with E-state index in [1.165, 1.54) is 112 Å². The highest BCUT2D eigenvalue weighted by Gasteiger charge is 2.41. The van der Waals surface area contributed by atoms with Crippen LogP contribution < -0.4 is 67.1 Å². The minimum absolute atomic E-state index is 0. The number of nitrogens with one attached hydrogen (secondary N) is 1. The summed E-state index contributed by atoms with van der Waals surface area (Å²) in [6.45, 7) is 14.4. The monoisotopic (exact) mass is 2150 g/mol. The minimum atomic E-state index is -3.37. The van der Waals surface area contributed by atoms with Crippen molar-refractivity contribution in [2.24, 2.45) is 62.3 Å². The Balaban J connectivity index is 0.000000476. The fourth-order valence-corrected chi connectivity index (χ4v) is 23.7. The van der Waals surface area contributed by atoms with Gasteiger partial charge < -0.3 is 66.1 Å². The lowest BCUT2D eigenvalue weighted by atomic mass is 9.82. The molecule has 0 bridgehead atoms. The standard InChI is InChI=1S/C18H15P.C9H15N3S.C9H14N2O3S2.C9H14N2OS.C8H11BrO2.C8H13N3S.C8H14N2OS.C8H12O2.C4H10O.C2H6O.CH3ClO2S.CH4N2S.Br2.ClH/c1-4-10-16(11-5-1)19(17-12-6-2-7-13-17)18-14-8-3-9-15-18;1-11-5-6-3-2-4-7-8(6)12-9(10)13-7;1-16(12,13)14-5-6-3-2-4-7-8(6)11-9(10)15-7;1-5(12)6-3-2-4-7-8(6)11-9(10)13-7;1-5(10)6-3-2-4-7(9)8(6)11;9-4-5-2-1-3-6-7(5)11-8(10)12-6;9-8-10-7-5(4-11)2-1-3-6(7)12-8;1-6(9)7-4-2-3-5-8(7)10;1-3-5-4-2;1-2-3;1-5(2,3)4;2-1(3)4;1-2;/h1-15H;6,11H,2-5H2,1H3,(H2,10,12);6H,2-5H2,1H3,(H2,10,11);6-8H,2-4H2,1H3,(H2,10,11);6-7H,2-4H2,1H3;5H,1-4,9H2,(H2,10,11);5-7,11H,1-4H2,(H2,9,10);7H,2-5H2,1H3;3-4H2,1-2H3;3H,2H2,1H3;1H3;(H4,2,3,4);;1H. The van der Waals surface area contributed by atoms with Crippen molar-refractivity contribution in [3.05, 3.63) is 123 Å². The number of likely N-dealkylation sites (N-methyl/N-ethyl adjacent to an activating group) is 1. The Morgan fingerprint density at radius 2 is 0.960 bits per heavy atom. The molecule has 7 aliphatic carbocycles. The Morgan fingerprint density at radius 3 is 1.33 bits per heavy atom. The Bertz CT molecular complexity index is 4380. The van der Waals surface area contributed by atoms with Crippen LogP contribution in [0.25, 0.3) is 0 Å².